The molecule has 0 aliphatic carbocycles. The van der Waals surface area contributed by atoms with Crippen LogP contribution >= 0.6 is 11.3 Å². The summed E-state index contributed by atoms with van der Waals surface area (Å²) in [6.07, 6.45) is 1.45. The number of likely N-dealkylation sites (tertiary alicyclic amines) is 1. The highest BCUT2D eigenvalue weighted by Gasteiger charge is 2.34. The lowest BCUT2D eigenvalue weighted by Gasteiger charge is -2.37. The third-order valence-electron chi connectivity index (χ3n) is 4.66. The molecule has 23 heavy (non-hydrogen) atoms. The minimum atomic E-state index is -0.818. The minimum absolute atomic E-state index is 0.0151. The molecule has 0 spiro atoms. The van der Waals surface area contributed by atoms with Gasteiger partial charge >= 0.3 is 5.97 Å². The molecule has 0 radical (unpaired) electrons. The van der Waals surface area contributed by atoms with E-state index in [1.807, 2.05) is 26.6 Å². The number of carbonyl (C=O) groups is 2. The molecular weight excluding hydrogens is 316 g/mol. The summed E-state index contributed by atoms with van der Waals surface area (Å²) in [5.74, 6) is -0.599. The van der Waals surface area contributed by atoms with Crippen molar-refractivity contribution >= 4 is 23.2 Å². The molecular formula is C16H22N2O4S. The van der Waals surface area contributed by atoms with Crippen LogP contribution in [0.4, 0.5) is 0 Å². The molecule has 1 atom stereocenters. The van der Waals surface area contributed by atoms with Gasteiger partial charge in [-0.2, -0.15) is 11.3 Å². The molecule has 126 valence electrons. The van der Waals surface area contributed by atoms with E-state index in [0.717, 1.165) is 18.4 Å². The SMILES string of the molecule is O=C(O)C(c1ccsc1)N1CCC(C(=O)N2CCOCC2)CC1. The number of carboxylic acids is 1. The van der Waals surface area contributed by atoms with Gasteiger partial charge in [-0.3, -0.25) is 14.5 Å². The smallest absolute Gasteiger partial charge is 0.325 e. The van der Waals surface area contributed by atoms with E-state index in [-0.39, 0.29) is 11.8 Å². The molecule has 1 amide bonds. The number of nitrogens with zero attached hydrogens (tertiary/aromatic N) is 2. The number of carboxylic acid groups (broad SMARTS) is 1. The number of rotatable bonds is 4. The zero-order chi connectivity index (χ0) is 16.2. The van der Waals surface area contributed by atoms with Crippen molar-refractivity contribution in [2.75, 3.05) is 39.4 Å². The Morgan fingerprint density at radius 1 is 1.22 bits per heavy atom. The molecule has 2 fully saturated rings. The van der Waals surface area contributed by atoms with E-state index in [1.165, 1.54) is 11.3 Å². The Hall–Kier alpha value is -1.44. The lowest BCUT2D eigenvalue weighted by atomic mass is 9.93. The first-order chi connectivity index (χ1) is 11.2. The third kappa shape index (κ3) is 3.73. The van der Waals surface area contributed by atoms with Crippen molar-refractivity contribution in [1.29, 1.82) is 0 Å². The number of piperidine rings is 1. The van der Waals surface area contributed by atoms with Gasteiger partial charge in [0.15, 0.2) is 0 Å². The molecule has 2 aliphatic rings. The molecule has 1 N–H and O–H groups in total. The Morgan fingerprint density at radius 3 is 2.48 bits per heavy atom. The highest BCUT2D eigenvalue weighted by atomic mass is 32.1. The van der Waals surface area contributed by atoms with Gasteiger partial charge in [-0.25, -0.2) is 0 Å². The standard InChI is InChI=1S/C16H22N2O4S/c19-15(18-6-8-22-9-7-18)12-1-4-17(5-2-12)14(16(20)21)13-3-10-23-11-13/h3,10-12,14H,1-2,4-9H2,(H,20,21). The maximum atomic E-state index is 12.5. The van der Waals surface area contributed by atoms with Crippen LogP contribution in [0.5, 0.6) is 0 Å². The maximum Gasteiger partial charge on any atom is 0.325 e. The molecule has 0 bridgehead atoms. The van der Waals surface area contributed by atoms with Crippen molar-refractivity contribution < 1.29 is 19.4 Å². The van der Waals surface area contributed by atoms with E-state index in [9.17, 15) is 14.7 Å². The number of thiophene rings is 1. The Morgan fingerprint density at radius 2 is 1.91 bits per heavy atom. The van der Waals surface area contributed by atoms with Crippen molar-refractivity contribution in [2.45, 2.75) is 18.9 Å². The molecule has 1 aromatic heterocycles. The van der Waals surface area contributed by atoms with Crippen LogP contribution in [-0.2, 0) is 14.3 Å². The van der Waals surface area contributed by atoms with E-state index < -0.39 is 12.0 Å². The first kappa shape index (κ1) is 16.4. The van der Waals surface area contributed by atoms with Crippen LogP contribution in [-0.4, -0.2) is 66.2 Å². The van der Waals surface area contributed by atoms with E-state index in [0.29, 0.717) is 39.4 Å². The van der Waals surface area contributed by atoms with Gasteiger partial charge in [-0.15, -0.1) is 0 Å². The Labute approximate surface area is 139 Å². The van der Waals surface area contributed by atoms with Gasteiger partial charge in [-0.05, 0) is 35.2 Å². The van der Waals surface area contributed by atoms with Gasteiger partial charge in [-0.1, -0.05) is 0 Å². The molecule has 3 rings (SSSR count). The van der Waals surface area contributed by atoms with Gasteiger partial charge < -0.3 is 14.7 Å². The van der Waals surface area contributed by atoms with Gasteiger partial charge in [0, 0.05) is 32.1 Å². The monoisotopic (exact) mass is 338 g/mol. The normalized spacial score (nSPS) is 22.0. The number of amides is 1. The number of hydrogen-bond donors (Lipinski definition) is 1. The number of ether oxygens (including phenoxy) is 1. The summed E-state index contributed by atoms with van der Waals surface area (Å²) in [5, 5.41) is 13.3. The van der Waals surface area contributed by atoms with Crippen molar-refractivity contribution in [3.8, 4) is 0 Å². The average molecular weight is 338 g/mol. The second-order valence-corrected chi connectivity index (χ2v) is 6.83. The Kier molecular flexibility index (Phi) is 5.30. The fourth-order valence-electron chi connectivity index (χ4n) is 3.39. The highest BCUT2D eigenvalue weighted by Crippen LogP contribution is 2.29. The summed E-state index contributed by atoms with van der Waals surface area (Å²) in [5.41, 5.74) is 0.834. The quantitative estimate of drug-likeness (QED) is 0.900. The van der Waals surface area contributed by atoms with Gasteiger partial charge in [0.1, 0.15) is 6.04 Å². The van der Waals surface area contributed by atoms with E-state index in [1.54, 1.807) is 0 Å². The molecule has 3 heterocycles. The predicted octanol–water partition coefficient (Wildman–Crippen LogP) is 1.44. The minimum Gasteiger partial charge on any atom is -0.480 e. The van der Waals surface area contributed by atoms with Crippen LogP contribution in [0.1, 0.15) is 24.4 Å². The number of hydrogen-bond acceptors (Lipinski definition) is 5. The zero-order valence-electron chi connectivity index (χ0n) is 13.0. The molecule has 1 unspecified atom stereocenters. The van der Waals surface area contributed by atoms with Crippen molar-refractivity contribution in [1.82, 2.24) is 9.80 Å². The first-order valence-corrected chi connectivity index (χ1v) is 8.96. The van der Waals surface area contributed by atoms with Crippen LogP contribution in [0.3, 0.4) is 0 Å². The van der Waals surface area contributed by atoms with E-state index in [2.05, 4.69) is 0 Å². The summed E-state index contributed by atoms with van der Waals surface area (Å²) in [4.78, 5) is 28.0. The lowest BCUT2D eigenvalue weighted by Crippen LogP contribution is -2.47. The topological polar surface area (TPSA) is 70.1 Å². The number of carbonyl (C=O) groups excluding carboxylic acids is 1. The zero-order valence-corrected chi connectivity index (χ0v) is 13.8. The Bertz CT molecular complexity index is 534. The summed E-state index contributed by atoms with van der Waals surface area (Å²) in [6.45, 7) is 3.87. The summed E-state index contributed by atoms with van der Waals surface area (Å²) >= 11 is 1.51. The van der Waals surface area contributed by atoms with E-state index in [4.69, 9.17) is 4.74 Å². The average Bonchev–Trinajstić information content (AvgIpc) is 3.09. The molecule has 2 saturated heterocycles. The summed E-state index contributed by atoms with van der Waals surface area (Å²) in [7, 11) is 0. The first-order valence-electron chi connectivity index (χ1n) is 8.02. The van der Waals surface area contributed by atoms with Crippen molar-refractivity contribution in [3.63, 3.8) is 0 Å². The number of aliphatic carboxylic acids is 1. The molecule has 0 aromatic carbocycles. The molecule has 7 heteroatoms. The van der Waals surface area contributed by atoms with Gasteiger partial charge in [0.25, 0.3) is 0 Å². The second-order valence-electron chi connectivity index (χ2n) is 6.05. The van der Waals surface area contributed by atoms with E-state index >= 15 is 0 Å². The largest absolute Gasteiger partial charge is 0.480 e. The summed E-state index contributed by atoms with van der Waals surface area (Å²) < 4.78 is 5.29. The number of morpholine rings is 1. The molecule has 0 saturated carbocycles. The molecule has 6 nitrogen and oxygen atoms in total. The summed E-state index contributed by atoms with van der Waals surface area (Å²) in [6, 6.07) is 1.27. The third-order valence-corrected chi connectivity index (χ3v) is 5.36. The Balaban J connectivity index is 1.59. The molecule has 2 aliphatic heterocycles. The van der Waals surface area contributed by atoms with Crippen LogP contribution in [0.25, 0.3) is 0 Å². The second kappa shape index (κ2) is 7.42. The predicted molar refractivity (Wildman–Crippen MR) is 86.4 cm³/mol. The van der Waals surface area contributed by atoms with Gasteiger partial charge in [0.2, 0.25) is 5.91 Å². The maximum absolute atomic E-state index is 12.5. The lowest BCUT2D eigenvalue weighted by molar-refractivity contribution is -0.145. The van der Waals surface area contributed by atoms with Crippen molar-refractivity contribution in [3.05, 3.63) is 22.4 Å². The van der Waals surface area contributed by atoms with Crippen LogP contribution in [0.2, 0.25) is 0 Å². The van der Waals surface area contributed by atoms with Crippen LogP contribution < -0.4 is 0 Å². The van der Waals surface area contributed by atoms with Crippen LogP contribution in [0.15, 0.2) is 16.8 Å². The van der Waals surface area contributed by atoms with Gasteiger partial charge in [0.05, 0.1) is 13.2 Å². The van der Waals surface area contributed by atoms with Crippen LogP contribution in [0, 0.1) is 5.92 Å². The fourth-order valence-corrected chi connectivity index (χ4v) is 4.07. The highest BCUT2D eigenvalue weighted by molar-refractivity contribution is 7.08. The molecule has 1 aromatic rings. The fraction of sp³-hybridized carbons (Fsp3) is 0.625. The van der Waals surface area contributed by atoms with Crippen molar-refractivity contribution in [2.24, 2.45) is 5.92 Å².